The minimum absolute atomic E-state index is 0.111. The summed E-state index contributed by atoms with van der Waals surface area (Å²) in [5.74, 6) is 0.730. The Hall–Kier alpha value is -2.19. The molecule has 5 rings (SSSR count). The monoisotopic (exact) mass is 398 g/mol. The fraction of sp³-hybridized carbons (Fsp3) is 0.667. The summed E-state index contributed by atoms with van der Waals surface area (Å²) in [5, 5.41) is 0.848. The summed E-state index contributed by atoms with van der Waals surface area (Å²) in [6, 6.07) is 2.53. The van der Waals surface area contributed by atoms with E-state index in [2.05, 4.69) is 14.8 Å². The Bertz CT molecular complexity index is 925. The number of piperidine rings is 1. The third-order valence-corrected chi connectivity index (χ3v) is 6.79. The highest BCUT2D eigenvalue weighted by molar-refractivity contribution is 5.78. The van der Waals surface area contributed by atoms with E-state index in [1.807, 2.05) is 10.8 Å². The number of rotatable bonds is 3. The number of nitrogens with zero attached hydrogens (tertiary/aromatic N) is 5. The molecule has 0 bridgehead atoms. The van der Waals surface area contributed by atoms with Crippen LogP contribution in [0, 0.1) is 0 Å². The molecule has 0 aromatic carbocycles. The number of anilines is 2. The Morgan fingerprint density at radius 1 is 1.00 bits per heavy atom. The molecule has 3 aliphatic rings. The second-order valence-corrected chi connectivity index (χ2v) is 8.53. The van der Waals surface area contributed by atoms with Gasteiger partial charge >= 0.3 is 0 Å². The Balaban J connectivity index is 1.40. The summed E-state index contributed by atoms with van der Waals surface area (Å²) in [6.07, 6.45) is 8.39. The molecule has 29 heavy (non-hydrogen) atoms. The Morgan fingerprint density at radius 3 is 2.45 bits per heavy atom. The first-order valence-electron chi connectivity index (χ1n) is 11.0. The fourth-order valence-electron chi connectivity index (χ4n) is 5.16. The maximum Gasteiger partial charge on any atom is 0.275 e. The number of hydrogen-bond acceptors (Lipinski definition) is 7. The van der Waals surface area contributed by atoms with Gasteiger partial charge in [-0.05, 0) is 31.7 Å². The van der Waals surface area contributed by atoms with Crippen molar-refractivity contribution in [2.45, 2.75) is 50.6 Å². The molecule has 0 radical (unpaired) electrons. The zero-order chi connectivity index (χ0) is 19.8. The molecular formula is C21H30N6O2. The van der Waals surface area contributed by atoms with Crippen LogP contribution in [0.3, 0.4) is 0 Å². The first-order chi connectivity index (χ1) is 14.2. The van der Waals surface area contributed by atoms with Gasteiger partial charge < -0.3 is 15.4 Å². The molecule has 8 nitrogen and oxygen atoms in total. The van der Waals surface area contributed by atoms with Crippen molar-refractivity contribution >= 4 is 22.7 Å². The Kier molecular flexibility index (Phi) is 5.13. The summed E-state index contributed by atoms with van der Waals surface area (Å²) >= 11 is 0. The van der Waals surface area contributed by atoms with E-state index in [-0.39, 0.29) is 17.3 Å². The number of ether oxygens (including phenoxy) is 1. The lowest BCUT2D eigenvalue weighted by atomic mass is 10.0. The topological polar surface area (TPSA) is 89.5 Å². The third-order valence-electron chi connectivity index (χ3n) is 6.79. The Labute approximate surface area is 170 Å². The minimum Gasteiger partial charge on any atom is -0.394 e. The van der Waals surface area contributed by atoms with Gasteiger partial charge in [-0.1, -0.05) is 12.8 Å². The molecule has 0 amide bonds. The van der Waals surface area contributed by atoms with Crippen LogP contribution < -0.4 is 16.2 Å². The van der Waals surface area contributed by atoms with E-state index in [0.717, 1.165) is 94.9 Å². The van der Waals surface area contributed by atoms with Gasteiger partial charge in [0.05, 0.1) is 18.9 Å². The van der Waals surface area contributed by atoms with Gasteiger partial charge in [0.25, 0.3) is 5.56 Å². The van der Waals surface area contributed by atoms with E-state index in [4.69, 9.17) is 15.5 Å². The number of aromatic nitrogens is 3. The van der Waals surface area contributed by atoms with Gasteiger partial charge in [0.2, 0.25) is 5.95 Å². The average molecular weight is 399 g/mol. The molecule has 2 aromatic rings. The van der Waals surface area contributed by atoms with Crippen LogP contribution in [0.2, 0.25) is 0 Å². The van der Waals surface area contributed by atoms with Crippen molar-refractivity contribution in [1.82, 2.24) is 19.4 Å². The first-order valence-corrected chi connectivity index (χ1v) is 11.0. The molecule has 2 saturated heterocycles. The van der Waals surface area contributed by atoms with E-state index in [0.29, 0.717) is 6.04 Å². The van der Waals surface area contributed by atoms with Crippen molar-refractivity contribution in [2.75, 3.05) is 50.0 Å². The maximum atomic E-state index is 12.8. The Morgan fingerprint density at radius 2 is 1.72 bits per heavy atom. The molecule has 3 fully saturated rings. The van der Waals surface area contributed by atoms with Crippen molar-refractivity contribution in [3.8, 4) is 0 Å². The lowest BCUT2D eigenvalue weighted by Gasteiger charge is -2.40. The van der Waals surface area contributed by atoms with Crippen LogP contribution in [-0.2, 0) is 4.74 Å². The van der Waals surface area contributed by atoms with E-state index in [1.54, 1.807) is 6.07 Å². The van der Waals surface area contributed by atoms with Crippen LogP contribution >= 0.6 is 0 Å². The van der Waals surface area contributed by atoms with Gasteiger partial charge in [0.1, 0.15) is 5.65 Å². The predicted octanol–water partition coefficient (Wildman–Crippen LogP) is 1.79. The summed E-state index contributed by atoms with van der Waals surface area (Å²) in [4.78, 5) is 27.1. The quantitative estimate of drug-likeness (QED) is 0.843. The molecule has 1 saturated carbocycles. The standard InChI is InChI=1S/C21H30N6O2/c22-18-13-15-14-23-21(24-19(15)27(20(18)28)17-3-1-2-4-17)26-7-5-16(6-8-26)25-9-11-29-12-10-25/h13-14,16-17H,1-12,22H2. The van der Waals surface area contributed by atoms with E-state index < -0.39 is 0 Å². The normalized spacial score (nSPS) is 22.6. The number of nitrogen functional groups attached to an aromatic ring is 1. The molecule has 2 aromatic heterocycles. The molecule has 0 spiro atoms. The average Bonchev–Trinajstić information content (AvgIpc) is 3.29. The summed E-state index contributed by atoms with van der Waals surface area (Å²) in [5.41, 5.74) is 6.91. The second-order valence-electron chi connectivity index (χ2n) is 8.53. The molecule has 0 atom stereocenters. The number of nitrogens with two attached hydrogens (primary N) is 1. The maximum absolute atomic E-state index is 12.8. The molecule has 2 aliphatic heterocycles. The molecule has 4 heterocycles. The predicted molar refractivity (Wildman–Crippen MR) is 113 cm³/mol. The zero-order valence-corrected chi connectivity index (χ0v) is 16.9. The van der Waals surface area contributed by atoms with E-state index in [1.165, 1.54) is 0 Å². The van der Waals surface area contributed by atoms with E-state index >= 15 is 0 Å². The largest absolute Gasteiger partial charge is 0.394 e. The van der Waals surface area contributed by atoms with Gasteiger partial charge in [-0.3, -0.25) is 14.3 Å². The number of morpholine rings is 1. The van der Waals surface area contributed by atoms with Crippen LogP contribution in [0.1, 0.15) is 44.6 Å². The van der Waals surface area contributed by atoms with Crippen LogP contribution in [0.25, 0.3) is 11.0 Å². The lowest BCUT2D eigenvalue weighted by Crippen LogP contribution is -2.49. The van der Waals surface area contributed by atoms with Crippen molar-refractivity contribution < 1.29 is 4.74 Å². The fourth-order valence-corrected chi connectivity index (χ4v) is 5.16. The summed E-state index contributed by atoms with van der Waals surface area (Å²) < 4.78 is 7.32. The van der Waals surface area contributed by atoms with Crippen molar-refractivity contribution in [3.63, 3.8) is 0 Å². The van der Waals surface area contributed by atoms with Crippen molar-refractivity contribution in [1.29, 1.82) is 0 Å². The molecular weight excluding hydrogens is 368 g/mol. The van der Waals surface area contributed by atoms with Gasteiger partial charge in [-0.15, -0.1) is 0 Å². The number of fused-ring (bicyclic) bond motifs is 1. The molecule has 0 unspecified atom stereocenters. The van der Waals surface area contributed by atoms with Gasteiger partial charge in [-0.2, -0.15) is 4.98 Å². The van der Waals surface area contributed by atoms with Crippen molar-refractivity contribution in [2.24, 2.45) is 0 Å². The second kappa shape index (κ2) is 7.91. The van der Waals surface area contributed by atoms with Gasteiger partial charge in [0, 0.05) is 49.8 Å². The number of pyridine rings is 1. The summed E-state index contributed by atoms with van der Waals surface area (Å²) in [7, 11) is 0. The molecule has 2 N–H and O–H groups in total. The highest BCUT2D eigenvalue weighted by atomic mass is 16.5. The van der Waals surface area contributed by atoms with Crippen LogP contribution in [0.4, 0.5) is 11.6 Å². The minimum atomic E-state index is -0.111. The van der Waals surface area contributed by atoms with Crippen molar-refractivity contribution in [3.05, 3.63) is 22.6 Å². The SMILES string of the molecule is Nc1cc2cnc(N3CCC(N4CCOCC4)CC3)nc2n(C2CCCC2)c1=O. The van der Waals surface area contributed by atoms with Gasteiger partial charge in [0.15, 0.2) is 0 Å². The third kappa shape index (κ3) is 3.59. The molecule has 156 valence electrons. The van der Waals surface area contributed by atoms with Crippen LogP contribution in [-0.4, -0.2) is 64.9 Å². The molecule has 8 heteroatoms. The number of hydrogen-bond donors (Lipinski definition) is 1. The lowest BCUT2D eigenvalue weighted by molar-refractivity contribution is 0.0114. The molecule has 1 aliphatic carbocycles. The summed E-state index contributed by atoms with van der Waals surface area (Å²) in [6.45, 7) is 5.64. The van der Waals surface area contributed by atoms with Crippen LogP contribution in [0.15, 0.2) is 17.1 Å². The smallest absolute Gasteiger partial charge is 0.275 e. The van der Waals surface area contributed by atoms with E-state index in [9.17, 15) is 4.79 Å². The van der Waals surface area contributed by atoms with Crippen LogP contribution in [0.5, 0.6) is 0 Å². The van der Waals surface area contributed by atoms with Gasteiger partial charge in [-0.25, -0.2) is 4.98 Å². The first kappa shape index (κ1) is 18.8. The zero-order valence-electron chi connectivity index (χ0n) is 16.9. The highest BCUT2D eigenvalue weighted by Crippen LogP contribution is 2.31. The highest BCUT2D eigenvalue weighted by Gasteiger charge is 2.28.